The first-order chi connectivity index (χ1) is 20.5. The predicted molar refractivity (Wildman–Crippen MR) is 137 cm³/mol. The molecular formula is C23H32N4O16. The third kappa shape index (κ3) is 18.7. The highest BCUT2D eigenvalue weighted by molar-refractivity contribution is 5.81. The monoisotopic (exact) mass is 620 g/mol. The molecule has 0 saturated heterocycles. The molecule has 43 heavy (non-hydrogen) atoms. The van der Waals surface area contributed by atoms with Crippen LogP contribution in [0.1, 0.15) is 44.6 Å². The Hall–Kier alpha value is -5.17. The van der Waals surface area contributed by atoms with Crippen LogP contribution in [0.15, 0.2) is 30.3 Å². The van der Waals surface area contributed by atoms with Gasteiger partial charge in [0.05, 0.1) is 19.8 Å². The Morgan fingerprint density at radius 3 is 2.09 bits per heavy atom. The zero-order valence-electron chi connectivity index (χ0n) is 23.1. The summed E-state index contributed by atoms with van der Waals surface area (Å²) in [6.45, 7) is 0.136. The fourth-order valence-electron chi connectivity index (χ4n) is 3.24. The van der Waals surface area contributed by atoms with E-state index >= 15 is 0 Å². The van der Waals surface area contributed by atoms with Crippen molar-refractivity contribution < 1.29 is 63.1 Å². The van der Waals surface area contributed by atoms with Crippen molar-refractivity contribution in [1.82, 2.24) is 5.32 Å². The van der Waals surface area contributed by atoms with Crippen molar-refractivity contribution in [2.24, 2.45) is 0 Å². The first-order valence-electron chi connectivity index (χ1n) is 12.8. The number of esters is 1. The lowest BCUT2D eigenvalue weighted by molar-refractivity contribution is -0.790. The number of amides is 1. The molecule has 3 atom stereocenters. The summed E-state index contributed by atoms with van der Waals surface area (Å²) in [7, 11) is 0. The first kappa shape index (κ1) is 35.9. The Labute approximate surface area is 243 Å². The molecule has 20 nitrogen and oxygen atoms in total. The molecule has 20 heteroatoms. The minimum Gasteiger partial charge on any atom is -0.450 e. The smallest absolute Gasteiger partial charge is 0.450 e. The van der Waals surface area contributed by atoms with Gasteiger partial charge < -0.3 is 38.8 Å². The number of benzene rings is 1. The Kier molecular flexibility index (Phi) is 17.2. The molecular weight excluding hydrogens is 588 g/mol. The lowest BCUT2D eigenvalue weighted by atomic mass is 10.1. The van der Waals surface area contributed by atoms with E-state index in [0.717, 1.165) is 0 Å². The van der Waals surface area contributed by atoms with E-state index in [4.69, 9.17) is 18.9 Å². The molecule has 0 fully saturated rings. The summed E-state index contributed by atoms with van der Waals surface area (Å²) < 4.78 is 19.8. The molecule has 3 unspecified atom stereocenters. The number of ether oxygens (including phenoxy) is 4. The van der Waals surface area contributed by atoms with Crippen LogP contribution in [0, 0.1) is 30.3 Å². The third-order valence-corrected chi connectivity index (χ3v) is 5.11. The molecule has 0 radical (unpaired) electrons. The maximum Gasteiger partial charge on any atom is 0.511 e. The summed E-state index contributed by atoms with van der Waals surface area (Å²) in [5, 5.41) is 30.1. The maximum atomic E-state index is 12.8. The maximum absolute atomic E-state index is 12.8. The van der Waals surface area contributed by atoms with Crippen LogP contribution in [0.4, 0.5) is 9.59 Å². The largest absolute Gasteiger partial charge is 0.511 e. The van der Waals surface area contributed by atoms with Crippen LogP contribution in [-0.2, 0) is 44.7 Å². The average Bonchev–Trinajstić information content (AvgIpc) is 2.92. The normalized spacial score (nSPS) is 12.4. The summed E-state index contributed by atoms with van der Waals surface area (Å²) in [4.78, 5) is 80.4. The summed E-state index contributed by atoms with van der Waals surface area (Å²) in [5.74, 6) is -0.955. The molecule has 0 bridgehead atoms. The minimum absolute atomic E-state index is 0.000900. The molecule has 0 aliphatic heterocycles. The highest BCUT2D eigenvalue weighted by Crippen LogP contribution is 2.09. The van der Waals surface area contributed by atoms with E-state index in [0.29, 0.717) is 5.56 Å². The quantitative estimate of drug-likeness (QED) is 0.0487. The Bertz CT molecular complexity index is 1040. The predicted octanol–water partition coefficient (Wildman–Crippen LogP) is 2.31. The molecule has 0 spiro atoms. The molecule has 0 aromatic heterocycles. The van der Waals surface area contributed by atoms with Crippen LogP contribution < -0.4 is 5.32 Å². The zero-order chi connectivity index (χ0) is 32.0. The van der Waals surface area contributed by atoms with E-state index in [2.05, 4.69) is 19.8 Å². The number of nitrogens with one attached hydrogen (secondary N) is 1. The number of carbonyl (C=O) groups is 3. The van der Waals surface area contributed by atoms with Crippen molar-refractivity contribution in [2.45, 2.75) is 63.9 Å². The minimum atomic E-state index is -1.40. The van der Waals surface area contributed by atoms with Crippen LogP contribution >= 0.6 is 0 Å². The molecule has 0 aliphatic rings. The number of hydrogen-bond donors (Lipinski definition) is 1. The Morgan fingerprint density at radius 1 is 0.814 bits per heavy atom. The van der Waals surface area contributed by atoms with Crippen molar-refractivity contribution in [3.05, 3.63) is 66.2 Å². The average molecular weight is 621 g/mol. The molecule has 1 aromatic rings. The second-order valence-corrected chi connectivity index (χ2v) is 8.47. The molecule has 1 N–H and O–H groups in total. The molecule has 240 valence electrons. The van der Waals surface area contributed by atoms with Crippen molar-refractivity contribution in [2.75, 3.05) is 26.4 Å². The zero-order valence-corrected chi connectivity index (χ0v) is 23.1. The number of hydrogen-bond acceptors (Lipinski definition) is 16. The fourth-order valence-corrected chi connectivity index (χ4v) is 3.24. The number of nitrogens with zero attached hydrogens (tertiary/aromatic N) is 3. The van der Waals surface area contributed by atoms with Gasteiger partial charge in [0, 0.05) is 13.3 Å². The van der Waals surface area contributed by atoms with Crippen LogP contribution in [0.3, 0.4) is 0 Å². The van der Waals surface area contributed by atoms with Gasteiger partial charge in [-0.25, -0.2) is 14.4 Å². The van der Waals surface area contributed by atoms with Gasteiger partial charge in [0.1, 0.15) is 18.8 Å². The van der Waals surface area contributed by atoms with Gasteiger partial charge in [-0.2, -0.15) is 0 Å². The summed E-state index contributed by atoms with van der Waals surface area (Å²) in [5.41, 5.74) is 0.660. The SMILES string of the molecule is CC(OC(=O)OCCCCO[N+](=O)[O-])OC(=O)C(Cc1ccccc1)NC(=O)OCCCCC(CO[N+](=O)[O-])O[N+](=O)[O-]. The highest BCUT2D eigenvalue weighted by Gasteiger charge is 2.26. The van der Waals surface area contributed by atoms with Crippen molar-refractivity contribution in [1.29, 1.82) is 0 Å². The number of carbonyl (C=O) groups excluding carboxylic acids is 3. The standard InChI is InChI=1S/C23H32N4O16/c1-17(42-23(30)38-13-7-8-14-39-25(31)32)41-21(28)20(15-18-9-3-2-4-10-18)24-22(29)37-12-6-5-11-19(43-27(35)36)16-40-26(33)34/h2-4,9-10,17,19-20H,5-8,11-16H2,1H3,(H,24,29). The lowest BCUT2D eigenvalue weighted by Crippen LogP contribution is -2.45. The van der Waals surface area contributed by atoms with Gasteiger partial charge in [-0.05, 0) is 37.7 Å². The van der Waals surface area contributed by atoms with Gasteiger partial charge in [-0.1, -0.05) is 30.3 Å². The van der Waals surface area contributed by atoms with Gasteiger partial charge in [0.15, 0.2) is 0 Å². The van der Waals surface area contributed by atoms with Gasteiger partial charge in [-0.15, -0.1) is 30.3 Å². The second kappa shape index (κ2) is 20.7. The first-order valence-corrected chi connectivity index (χ1v) is 12.8. The van der Waals surface area contributed by atoms with Crippen LogP contribution in [0.25, 0.3) is 0 Å². The molecule has 1 rings (SSSR count). The van der Waals surface area contributed by atoms with Crippen molar-refractivity contribution in [3.63, 3.8) is 0 Å². The van der Waals surface area contributed by atoms with E-state index in [1.165, 1.54) is 6.92 Å². The molecule has 0 aliphatic carbocycles. The fraction of sp³-hybridized carbons (Fsp3) is 0.609. The van der Waals surface area contributed by atoms with Crippen molar-refractivity contribution >= 4 is 18.2 Å². The number of unbranched alkanes of at least 4 members (excludes halogenated alkanes) is 2. The van der Waals surface area contributed by atoms with Crippen molar-refractivity contribution in [3.8, 4) is 0 Å². The van der Waals surface area contributed by atoms with Gasteiger partial charge in [-0.3, -0.25) is 0 Å². The summed E-state index contributed by atoms with van der Waals surface area (Å²) >= 11 is 0. The van der Waals surface area contributed by atoms with Crippen LogP contribution in [0.5, 0.6) is 0 Å². The second-order valence-electron chi connectivity index (χ2n) is 8.47. The van der Waals surface area contributed by atoms with E-state index in [-0.39, 0.29) is 58.3 Å². The lowest BCUT2D eigenvalue weighted by Gasteiger charge is -2.20. The third-order valence-electron chi connectivity index (χ3n) is 5.11. The van der Waals surface area contributed by atoms with Crippen LogP contribution in [0.2, 0.25) is 0 Å². The number of rotatable bonds is 22. The van der Waals surface area contributed by atoms with E-state index in [9.17, 15) is 44.7 Å². The van der Waals surface area contributed by atoms with E-state index in [1.54, 1.807) is 30.3 Å². The highest BCUT2D eigenvalue weighted by atomic mass is 17.0. The summed E-state index contributed by atoms with van der Waals surface area (Å²) in [6.07, 6.45) is -3.82. The molecule has 1 aromatic carbocycles. The number of alkyl carbamates (subject to hydrolysis) is 1. The van der Waals surface area contributed by atoms with E-state index < -0.39 is 58.5 Å². The van der Waals surface area contributed by atoms with Gasteiger partial charge in [0.25, 0.3) is 15.3 Å². The molecule has 0 heterocycles. The van der Waals surface area contributed by atoms with Gasteiger partial charge in [0.2, 0.25) is 6.29 Å². The van der Waals surface area contributed by atoms with Crippen LogP contribution in [-0.4, -0.2) is 78.3 Å². The molecule has 0 saturated carbocycles. The Balaban J connectivity index is 2.54. The van der Waals surface area contributed by atoms with E-state index in [1.807, 2.05) is 0 Å². The Morgan fingerprint density at radius 2 is 1.44 bits per heavy atom. The molecule has 1 amide bonds. The topological polar surface area (TPSA) is 257 Å². The summed E-state index contributed by atoms with van der Waals surface area (Å²) in [6, 6.07) is 7.33. The van der Waals surface area contributed by atoms with Gasteiger partial charge >= 0.3 is 18.2 Å².